The number of azide groups is 1. The summed E-state index contributed by atoms with van der Waals surface area (Å²) in [6.07, 6.45) is 0.580. The van der Waals surface area contributed by atoms with Gasteiger partial charge in [-0.2, -0.15) is 0 Å². The van der Waals surface area contributed by atoms with E-state index in [1.165, 1.54) is 12.7 Å². The fraction of sp³-hybridized carbons (Fsp3) is 0.444. The van der Waals surface area contributed by atoms with E-state index in [0.29, 0.717) is 11.2 Å². The van der Waals surface area contributed by atoms with Crippen LogP contribution in [0.2, 0.25) is 0 Å². The van der Waals surface area contributed by atoms with Crippen molar-refractivity contribution < 1.29 is 10.2 Å². The number of H-pyrrole nitrogens is 1. The second-order valence-corrected chi connectivity index (χ2v) is 3.62. The second-order valence-electron chi connectivity index (χ2n) is 3.62. The van der Waals surface area contributed by atoms with Crippen molar-refractivity contribution in [2.24, 2.45) is 5.11 Å². The average Bonchev–Trinajstić information content (AvgIpc) is 2.86. The number of nitrogens with one attached hydrogen (secondary N) is 1. The Morgan fingerprint density at radius 2 is 2.22 bits per heavy atom. The number of aliphatic hydroxyl groups excluding tert-OH is 2. The number of hydrogen-bond donors (Lipinski definition) is 3. The first-order valence-electron chi connectivity index (χ1n) is 5.25. The Hall–Kier alpha value is -2.22. The molecule has 3 N–H and O–H groups in total. The quantitative estimate of drug-likeness (QED) is 0.400. The molecule has 0 aliphatic carbocycles. The molecule has 0 saturated heterocycles. The summed E-state index contributed by atoms with van der Waals surface area (Å²) < 4.78 is 0. The van der Waals surface area contributed by atoms with Gasteiger partial charge in [0.1, 0.15) is 23.6 Å². The van der Waals surface area contributed by atoms with Crippen LogP contribution in [0.25, 0.3) is 21.6 Å². The van der Waals surface area contributed by atoms with Gasteiger partial charge in [-0.15, -0.1) is 0 Å². The lowest BCUT2D eigenvalue weighted by atomic mass is 10.1. The van der Waals surface area contributed by atoms with E-state index in [0.717, 1.165) is 0 Å². The zero-order chi connectivity index (χ0) is 13.0. The van der Waals surface area contributed by atoms with Crippen molar-refractivity contribution in [1.29, 1.82) is 0 Å². The summed E-state index contributed by atoms with van der Waals surface area (Å²) in [5, 5.41) is 23.0. The number of rotatable bonds is 5. The molecule has 0 fully saturated rings. The maximum absolute atomic E-state index is 9.98. The minimum atomic E-state index is -1.19. The molecule has 2 heterocycles. The Bertz CT molecular complexity index is 577. The second kappa shape index (κ2) is 5.41. The van der Waals surface area contributed by atoms with E-state index >= 15 is 0 Å². The molecular weight excluding hydrogens is 238 g/mol. The third kappa shape index (κ3) is 2.38. The van der Waals surface area contributed by atoms with Crippen LogP contribution >= 0.6 is 0 Å². The predicted octanol–water partition coefficient (Wildman–Crippen LogP) is 0.448. The Balaban J connectivity index is 2.19. The SMILES string of the molecule is [N-]=[N+]=NCCC(O)C(O)c1ncnc2nc[nH]c12. The largest absolute Gasteiger partial charge is 0.390 e. The third-order valence-electron chi connectivity index (χ3n) is 2.49. The average molecular weight is 249 g/mol. The van der Waals surface area contributed by atoms with Gasteiger partial charge in [-0.1, -0.05) is 5.11 Å². The molecular formula is C9H11N7O2. The van der Waals surface area contributed by atoms with Gasteiger partial charge in [-0.25, -0.2) is 15.0 Å². The zero-order valence-corrected chi connectivity index (χ0v) is 9.30. The van der Waals surface area contributed by atoms with E-state index in [2.05, 4.69) is 30.0 Å². The van der Waals surface area contributed by atoms with E-state index in [1.54, 1.807) is 0 Å². The van der Waals surface area contributed by atoms with Crippen molar-refractivity contribution in [1.82, 2.24) is 19.9 Å². The lowest BCUT2D eigenvalue weighted by Crippen LogP contribution is -2.20. The molecule has 9 heteroatoms. The molecule has 0 bridgehead atoms. The maximum atomic E-state index is 9.98. The first-order valence-corrected chi connectivity index (χ1v) is 5.25. The molecule has 2 unspecified atom stereocenters. The number of hydrogen-bond acceptors (Lipinski definition) is 6. The van der Waals surface area contributed by atoms with Crippen molar-refractivity contribution >= 4 is 11.2 Å². The van der Waals surface area contributed by atoms with Gasteiger partial charge in [-0.3, -0.25) is 0 Å². The summed E-state index contributed by atoms with van der Waals surface area (Å²) in [7, 11) is 0. The molecule has 18 heavy (non-hydrogen) atoms. The number of aliphatic hydroxyl groups is 2. The van der Waals surface area contributed by atoms with Crippen LogP contribution in [0.4, 0.5) is 0 Å². The van der Waals surface area contributed by atoms with Crippen molar-refractivity contribution in [3.8, 4) is 0 Å². The number of aromatic amines is 1. The van der Waals surface area contributed by atoms with Crippen molar-refractivity contribution in [2.45, 2.75) is 18.6 Å². The number of imidazole rings is 1. The standard InChI is InChI=1S/C9H11N7O2/c10-16-15-2-1-5(17)8(18)6-7-9(13-3-11-6)14-4-12-7/h3-5,8,17-18H,1-2H2,(H,11,12,13,14). The van der Waals surface area contributed by atoms with Gasteiger partial charge >= 0.3 is 0 Å². The summed E-state index contributed by atoms with van der Waals surface area (Å²) in [6, 6.07) is 0. The molecule has 9 nitrogen and oxygen atoms in total. The molecule has 0 aliphatic rings. The maximum Gasteiger partial charge on any atom is 0.180 e. The Kier molecular flexibility index (Phi) is 3.68. The highest BCUT2D eigenvalue weighted by atomic mass is 16.3. The highest BCUT2D eigenvalue weighted by Gasteiger charge is 2.22. The van der Waals surface area contributed by atoms with Crippen LogP contribution in [0.15, 0.2) is 17.8 Å². The first-order chi connectivity index (χ1) is 8.74. The van der Waals surface area contributed by atoms with Gasteiger partial charge in [0.05, 0.1) is 12.4 Å². The van der Waals surface area contributed by atoms with Crippen LogP contribution in [0.3, 0.4) is 0 Å². The molecule has 2 atom stereocenters. The molecule has 2 rings (SSSR count). The fourth-order valence-corrected chi connectivity index (χ4v) is 1.58. The molecule has 0 amide bonds. The summed E-state index contributed by atoms with van der Waals surface area (Å²) in [6.45, 7) is 0.103. The van der Waals surface area contributed by atoms with Gasteiger partial charge in [-0.05, 0) is 12.0 Å². The van der Waals surface area contributed by atoms with E-state index in [4.69, 9.17) is 5.53 Å². The van der Waals surface area contributed by atoms with Gasteiger partial charge < -0.3 is 15.2 Å². The van der Waals surface area contributed by atoms with Crippen LogP contribution in [0.1, 0.15) is 18.2 Å². The van der Waals surface area contributed by atoms with Gasteiger partial charge in [0, 0.05) is 11.5 Å². The van der Waals surface area contributed by atoms with Crippen molar-refractivity contribution in [2.75, 3.05) is 6.54 Å². The molecule has 94 valence electrons. The topological polar surface area (TPSA) is 144 Å². The molecule has 2 aromatic rings. The molecule has 0 aliphatic heterocycles. The van der Waals surface area contributed by atoms with Crippen LogP contribution < -0.4 is 0 Å². The fourth-order valence-electron chi connectivity index (χ4n) is 1.58. The van der Waals surface area contributed by atoms with Crippen molar-refractivity contribution in [3.05, 3.63) is 28.8 Å². The highest BCUT2D eigenvalue weighted by molar-refractivity contribution is 5.72. The van der Waals surface area contributed by atoms with Crippen LogP contribution in [0, 0.1) is 0 Å². The van der Waals surface area contributed by atoms with Crippen LogP contribution in [0.5, 0.6) is 0 Å². The predicted molar refractivity (Wildman–Crippen MR) is 61.3 cm³/mol. The molecule has 2 aromatic heterocycles. The summed E-state index contributed by atoms with van der Waals surface area (Å²) in [4.78, 5) is 17.1. The van der Waals surface area contributed by atoms with Gasteiger partial charge in [0.15, 0.2) is 5.65 Å². The number of fused-ring (bicyclic) bond motifs is 1. The summed E-state index contributed by atoms with van der Waals surface area (Å²) in [5.74, 6) is 0. The Morgan fingerprint density at radius 1 is 1.39 bits per heavy atom. The minimum absolute atomic E-state index is 0.103. The summed E-state index contributed by atoms with van der Waals surface area (Å²) in [5.41, 5.74) is 9.30. The van der Waals surface area contributed by atoms with Crippen LogP contribution in [-0.2, 0) is 0 Å². The Labute approximate surface area is 101 Å². The molecule has 0 saturated carbocycles. The van der Waals surface area contributed by atoms with Crippen molar-refractivity contribution in [3.63, 3.8) is 0 Å². The molecule has 0 radical (unpaired) electrons. The monoisotopic (exact) mass is 249 g/mol. The van der Waals surface area contributed by atoms with Gasteiger partial charge in [0.2, 0.25) is 0 Å². The lowest BCUT2D eigenvalue weighted by Gasteiger charge is -2.16. The van der Waals surface area contributed by atoms with E-state index in [9.17, 15) is 10.2 Å². The molecule has 0 spiro atoms. The first kappa shape index (κ1) is 12.2. The van der Waals surface area contributed by atoms with E-state index in [-0.39, 0.29) is 18.7 Å². The Morgan fingerprint density at radius 3 is 3.00 bits per heavy atom. The zero-order valence-electron chi connectivity index (χ0n) is 9.30. The lowest BCUT2D eigenvalue weighted by molar-refractivity contribution is 0.0133. The third-order valence-corrected chi connectivity index (χ3v) is 2.49. The number of nitrogens with zero attached hydrogens (tertiary/aromatic N) is 6. The molecule has 0 aromatic carbocycles. The van der Waals surface area contributed by atoms with Gasteiger partial charge in [0.25, 0.3) is 0 Å². The minimum Gasteiger partial charge on any atom is -0.390 e. The summed E-state index contributed by atoms with van der Waals surface area (Å²) >= 11 is 0. The van der Waals surface area contributed by atoms with Crippen LogP contribution in [-0.4, -0.2) is 42.8 Å². The van der Waals surface area contributed by atoms with E-state index in [1.807, 2.05) is 0 Å². The normalized spacial score (nSPS) is 14.1. The number of aromatic nitrogens is 4. The smallest absolute Gasteiger partial charge is 0.180 e. The van der Waals surface area contributed by atoms with E-state index < -0.39 is 12.2 Å². The highest BCUT2D eigenvalue weighted by Crippen LogP contribution is 2.21.